The number of amides is 1. The Morgan fingerprint density at radius 3 is 2.20 bits per heavy atom. The number of allylic oxidation sites excluding steroid dienone is 1. The Labute approximate surface area is 279 Å². The largest absolute Gasteiger partial charge is 0.616 e. The molecule has 46 heavy (non-hydrogen) atoms. The summed E-state index contributed by atoms with van der Waals surface area (Å²) in [6, 6.07) is 5.87. The van der Waals surface area contributed by atoms with Crippen molar-refractivity contribution in [2.75, 3.05) is 25.2 Å². The van der Waals surface area contributed by atoms with E-state index in [1.165, 1.54) is 32.4 Å². The van der Waals surface area contributed by atoms with Gasteiger partial charge in [0.1, 0.15) is 29.9 Å². The molecule has 0 saturated heterocycles. The number of esters is 1. The Morgan fingerprint density at radius 2 is 1.63 bits per heavy atom. The lowest BCUT2D eigenvalue weighted by Crippen LogP contribution is -2.54. The molecular formula is C36H55NO8S. The van der Waals surface area contributed by atoms with Crippen LogP contribution in [0.15, 0.2) is 36.4 Å². The molecule has 258 valence electrons. The van der Waals surface area contributed by atoms with Crippen molar-refractivity contribution in [3.05, 3.63) is 42.0 Å². The summed E-state index contributed by atoms with van der Waals surface area (Å²) in [5, 5.41) is 23.8. The Balaban J connectivity index is 2.82. The lowest BCUT2D eigenvalue weighted by Gasteiger charge is -2.30. The van der Waals surface area contributed by atoms with E-state index in [-0.39, 0.29) is 19.4 Å². The fourth-order valence-corrected chi connectivity index (χ4v) is 6.32. The monoisotopic (exact) mass is 661 g/mol. The van der Waals surface area contributed by atoms with Crippen molar-refractivity contribution >= 4 is 29.0 Å². The van der Waals surface area contributed by atoms with Crippen molar-refractivity contribution < 1.29 is 38.6 Å². The summed E-state index contributed by atoms with van der Waals surface area (Å²) in [6.45, 7) is 5.88. The zero-order valence-corrected chi connectivity index (χ0v) is 29.0. The fourth-order valence-electron chi connectivity index (χ4n) is 5.07. The van der Waals surface area contributed by atoms with E-state index in [9.17, 15) is 29.1 Å². The quantitative estimate of drug-likeness (QED) is 0.0395. The minimum atomic E-state index is -2.35. The van der Waals surface area contributed by atoms with Gasteiger partial charge in [-0.1, -0.05) is 87.3 Å². The standard InChI is InChI=1S/C36H55NO8S/c1-5-8-10-14-17-26-46(43)27-18-15-12-11-13-16-19-31(36(42,24-7-3)35(40)41)33(38)37-32(34(39)44-4)28-29-20-22-30(23-21-29)45-25-9-6-2/h16,19-23,31-32,42H,5,7-8,10-15,17-18,24-28H2,1-4H3,(H,37,38)(H,40,41)/b19-16+/t31-,32+,36+,46?/m1/s1. The lowest BCUT2D eigenvalue weighted by atomic mass is 9.82. The zero-order valence-electron chi connectivity index (χ0n) is 28.2. The van der Waals surface area contributed by atoms with Crippen molar-refractivity contribution in [2.45, 2.75) is 116 Å². The maximum Gasteiger partial charge on any atom is 0.336 e. The summed E-state index contributed by atoms with van der Waals surface area (Å²) >= 11 is -0.773. The molecule has 0 saturated carbocycles. The van der Waals surface area contributed by atoms with Crippen LogP contribution >= 0.6 is 0 Å². The van der Waals surface area contributed by atoms with Crippen molar-refractivity contribution in [1.29, 1.82) is 0 Å². The number of carbonyl (C=O) groups excluding carboxylic acids is 2. The number of carboxylic acid groups (broad SMARTS) is 1. The van der Waals surface area contributed by atoms with Crippen LogP contribution in [0.3, 0.4) is 0 Å². The van der Waals surface area contributed by atoms with Gasteiger partial charge in [0.05, 0.1) is 13.0 Å². The van der Waals surface area contributed by atoms with Gasteiger partial charge >= 0.3 is 11.9 Å². The van der Waals surface area contributed by atoms with E-state index in [1.807, 2.05) is 0 Å². The number of carboxylic acids is 1. The molecule has 0 aromatic heterocycles. The highest BCUT2D eigenvalue weighted by atomic mass is 32.2. The van der Waals surface area contributed by atoms with Crippen LogP contribution in [0.5, 0.6) is 5.75 Å². The number of nitrogens with one attached hydrogen (secondary N) is 1. The van der Waals surface area contributed by atoms with Crippen LogP contribution in [0.25, 0.3) is 0 Å². The molecule has 1 rings (SSSR count). The van der Waals surface area contributed by atoms with Crippen LogP contribution in [0, 0.1) is 17.8 Å². The van der Waals surface area contributed by atoms with E-state index in [1.54, 1.807) is 44.2 Å². The summed E-state index contributed by atoms with van der Waals surface area (Å²) in [7, 11) is 1.21. The predicted octanol–water partition coefficient (Wildman–Crippen LogP) is 5.75. The minimum Gasteiger partial charge on any atom is -0.616 e. The van der Waals surface area contributed by atoms with Gasteiger partial charge in [0.15, 0.2) is 5.60 Å². The Kier molecular flexibility index (Phi) is 21.6. The molecule has 0 aliphatic rings. The van der Waals surface area contributed by atoms with Gasteiger partial charge in [0.25, 0.3) is 0 Å². The number of aliphatic carboxylic acids is 1. The second-order valence-corrected chi connectivity index (χ2v) is 13.2. The van der Waals surface area contributed by atoms with Gasteiger partial charge in [-0.15, -0.1) is 5.92 Å². The van der Waals surface area contributed by atoms with E-state index in [0.29, 0.717) is 24.3 Å². The van der Waals surface area contributed by atoms with Crippen molar-refractivity contribution in [3.63, 3.8) is 0 Å². The molecule has 1 aromatic carbocycles. The second-order valence-electron chi connectivity index (χ2n) is 11.5. The summed E-state index contributed by atoms with van der Waals surface area (Å²) in [5.74, 6) is 3.25. The van der Waals surface area contributed by atoms with E-state index in [0.717, 1.165) is 49.8 Å². The average molecular weight is 662 g/mol. The predicted molar refractivity (Wildman–Crippen MR) is 183 cm³/mol. The third kappa shape index (κ3) is 16.0. The number of hydrogen-bond donors (Lipinski definition) is 3. The number of rotatable bonds is 25. The van der Waals surface area contributed by atoms with Gasteiger partial charge in [-0.2, -0.15) is 0 Å². The van der Waals surface area contributed by atoms with Gasteiger partial charge in [-0.05, 0) is 69.6 Å². The molecular weight excluding hydrogens is 606 g/mol. The van der Waals surface area contributed by atoms with Gasteiger partial charge in [-0.3, -0.25) is 4.79 Å². The molecule has 1 aromatic rings. The molecule has 0 aliphatic heterocycles. The molecule has 0 spiro atoms. The third-order valence-corrected chi connectivity index (χ3v) is 9.24. The smallest absolute Gasteiger partial charge is 0.336 e. The number of hydrogen-bond acceptors (Lipinski definition) is 7. The van der Waals surface area contributed by atoms with E-state index >= 15 is 0 Å². The van der Waals surface area contributed by atoms with E-state index in [4.69, 9.17) is 9.47 Å². The Hall–Kier alpha value is -3.00. The first-order chi connectivity index (χ1) is 22.1. The first-order valence-electron chi connectivity index (χ1n) is 16.6. The molecule has 0 radical (unpaired) electrons. The van der Waals surface area contributed by atoms with Crippen LogP contribution in [0.2, 0.25) is 0 Å². The summed E-state index contributed by atoms with van der Waals surface area (Å²) in [4.78, 5) is 38.4. The highest BCUT2D eigenvalue weighted by Crippen LogP contribution is 2.27. The van der Waals surface area contributed by atoms with E-state index < -0.39 is 46.6 Å². The molecule has 0 fully saturated rings. The molecule has 1 unspecified atom stereocenters. The lowest BCUT2D eigenvalue weighted by molar-refractivity contribution is -0.167. The highest BCUT2D eigenvalue weighted by Gasteiger charge is 2.46. The minimum absolute atomic E-state index is 0.0901. The fraction of sp³-hybridized carbons (Fsp3) is 0.639. The Morgan fingerprint density at radius 1 is 1.00 bits per heavy atom. The van der Waals surface area contributed by atoms with Gasteiger partial charge in [0, 0.05) is 6.42 Å². The number of aliphatic hydroxyl groups is 1. The Bertz CT molecular complexity index is 1110. The van der Waals surface area contributed by atoms with Gasteiger partial charge in [0.2, 0.25) is 5.91 Å². The summed E-state index contributed by atoms with van der Waals surface area (Å²) < 4.78 is 22.6. The SMILES string of the molecule is CC#CCOc1ccc(C[C@H](NC(=O)[C@@H](/C=C/CCCCCC[S+]([O-])CCCCCCC)[C@@](O)(CCC)C(=O)O)C(=O)OC)cc1. The van der Waals surface area contributed by atoms with Gasteiger partial charge in [-0.25, -0.2) is 9.59 Å². The highest BCUT2D eigenvalue weighted by molar-refractivity contribution is 7.91. The molecule has 9 nitrogen and oxygen atoms in total. The molecule has 4 atom stereocenters. The van der Waals surface area contributed by atoms with Crippen LogP contribution < -0.4 is 10.1 Å². The summed E-state index contributed by atoms with van der Waals surface area (Å²) in [6.07, 6.45) is 13.4. The maximum atomic E-state index is 13.5. The normalized spacial score (nSPS) is 14.4. The van der Waals surface area contributed by atoms with Crippen molar-refractivity contribution in [3.8, 4) is 17.6 Å². The topological polar surface area (TPSA) is 145 Å². The molecule has 0 heterocycles. The molecule has 0 bridgehead atoms. The number of unbranched alkanes of at least 4 members (excludes halogenated alkanes) is 8. The van der Waals surface area contributed by atoms with Gasteiger partial charge < -0.3 is 29.6 Å². The summed E-state index contributed by atoms with van der Waals surface area (Å²) in [5.41, 5.74) is -1.63. The first-order valence-corrected chi connectivity index (χ1v) is 18.1. The number of carbonyl (C=O) groups is 3. The number of methoxy groups -OCH3 is 1. The van der Waals surface area contributed by atoms with Crippen LogP contribution in [-0.2, 0) is 36.7 Å². The first kappa shape index (κ1) is 41.0. The molecule has 0 aliphatic carbocycles. The van der Waals surface area contributed by atoms with E-state index in [2.05, 4.69) is 24.1 Å². The zero-order chi connectivity index (χ0) is 34.2. The maximum absolute atomic E-state index is 13.5. The second kappa shape index (κ2) is 24.2. The third-order valence-electron chi connectivity index (χ3n) is 7.75. The molecule has 10 heteroatoms. The molecule has 3 N–H and O–H groups in total. The van der Waals surface area contributed by atoms with Crippen LogP contribution in [-0.4, -0.2) is 69.5 Å². The number of ether oxygens (including phenoxy) is 2. The van der Waals surface area contributed by atoms with Crippen LogP contribution in [0.4, 0.5) is 0 Å². The molecule has 1 amide bonds. The van der Waals surface area contributed by atoms with Crippen LogP contribution in [0.1, 0.15) is 103 Å². The number of benzene rings is 1. The van der Waals surface area contributed by atoms with Crippen molar-refractivity contribution in [1.82, 2.24) is 5.32 Å². The average Bonchev–Trinajstić information content (AvgIpc) is 3.04. The van der Waals surface area contributed by atoms with Crippen molar-refractivity contribution in [2.24, 2.45) is 5.92 Å².